The normalized spacial score (nSPS) is 11.4. The van der Waals surface area contributed by atoms with Crippen molar-refractivity contribution in [2.24, 2.45) is 0 Å². The molecule has 0 heterocycles. The fourth-order valence-electron chi connectivity index (χ4n) is 2.32. The average Bonchev–Trinajstić information content (AvgIpc) is 2.63. The highest BCUT2D eigenvalue weighted by Crippen LogP contribution is 2.26. The summed E-state index contributed by atoms with van der Waals surface area (Å²) in [6.45, 7) is 6.61. The lowest BCUT2D eigenvalue weighted by atomic mass is 10.1. The Labute approximate surface area is 157 Å². The van der Waals surface area contributed by atoms with Crippen molar-refractivity contribution in [3.63, 3.8) is 0 Å². The molecule has 1 atom stereocenters. The number of amides is 1. The molecule has 0 fully saturated rings. The number of thioether (sulfide) groups is 1. The van der Waals surface area contributed by atoms with Crippen molar-refractivity contribution in [3.8, 4) is 6.07 Å². The molecule has 0 saturated carbocycles. The maximum Gasteiger partial charge on any atom is 0.236 e. The summed E-state index contributed by atoms with van der Waals surface area (Å²) in [6.07, 6.45) is 1.72. The van der Waals surface area contributed by atoms with Gasteiger partial charge in [0.05, 0.1) is 16.9 Å². The van der Waals surface area contributed by atoms with Gasteiger partial charge in [0.2, 0.25) is 5.91 Å². The van der Waals surface area contributed by atoms with Crippen LogP contribution < -0.4 is 0 Å². The molecular formula is C20H19ClN2OS. The molecule has 0 bridgehead atoms. The predicted molar refractivity (Wildman–Crippen MR) is 104 cm³/mol. The SMILES string of the molecule is C=CCN(Cc1ccc(C#N)cc1)C(=O)C(C)Sc1ccc(Cl)cc1. The predicted octanol–water partition coefficient (Wildman–Crippen LogP) is 4.91. The minimum absolute atomic E-state index is 0.0456. The molecule has 0 aromatic heterocycles. The minimum Gasteiger partial charge on any atom is -0.334 e. The average molecular weight is 371 g/mol. The zero-order chi connectivity index (χ0) is 18.2. The lowest BCUT2D eigenvalue weighted by Crippen LogP contribution is -2.36. The maximum absolute atomic E-state index is 12.8. The number of carbonyl (C=O) groups excluding carboxylic acids is 1. The first-order valence-electron chi connectivity index (χ1n) is 7.84. The summed E-state index contributed by atoms with van der Waals surface area (Å²) >= 11 is 7.40. The summed E-state index contributed by atoms with van der Waals surface area (Å²) in [7, 11) is 0. The van der Waals surface area contributed by atoms with Gasteiger partial charge in [0.25, 0.3) is 0 Å². The van der Waals surface area contributed by atoms with Crippen LogP contribution in [-0.4, -0.2) is 22.6 Å². The Morgan fingerprint density at radius 2 is 1.92 bits per heavy atom. The van der Waals surface area contributed by atoms with Crippen molar-refractivity contribution < 1.29 is 4.79 Å². The van der Waals surface area contributed by atoms with Crippen LogP contribution in [0.25, 0.3) is 0 Å². The van der Waals surface area contributed by atoms with E-state index in [4.69, 9.17) is 16.9 Å². The standard InChI is InChI=1S/C20H19ClN2OS/c1-3-12-23(14-17-6-4-16(13-22)5-7-17)20(24)15(2)25-19-10-8-18(21)9-11-19/h3-11,15H,1,12,14H2,2H3. The molecule has 128 valence electrons. The van der Waals surface area contributed by atoms with Crippen LogP contribution in [0.15, 0.2) is 66.1 Å². The monoisotopic (exact) mass is 370 g/mol. The van der Waals surface area contributed by atoms with Crippen LogP contribution in [-0.2, 0) is 11.3 Å². The van der Waals surface area contributed by atoms with Gasteiger partial charge in [0.15, 0.2) is 0 Å². The third-order valence-electron chi connectivity index (χ3n) is 3.59. The number of nitrogens with zero attached hydrogens (tertiary/aromatic N) is 2. The number of carbonyl (C=O) groups is 1. The second kappa shape index (κ2) is 9.31. The van der Waals surface area contributed by atoms with Gasteiger partial charge in [-0.05, 0) is 48.9 Å². The van der Waals surface area contributed by atoms with Crippen molar-refractivity contribution in [1.29, 1.82) is 5.26 Å². The molecular weight excluding hydrogens is 352 g/mol. The van der Waals surface area contributed by atoms with E-state index in [1.54, 1.807) is 23.1 Å². The molecule has 2 aromatic rings. The lowest BCUT2D eigenvalue weighted by molar-refractivity contribution is -0.130. The third kappa shape index (κ3) is 5.67. The van der Waals surface area contributed by atoms with Crippen molar-refractivity contribution in [2.75, 3.05) is 6.54 Å². The van der Waals surface area contributed by atoms with E-state index in [0.717, 1.165) is 10.5 Å². The van der Waals surface area contributed by atoms with Crippen LogP contribution in [0, 0.1) is 11.3 Å². The zero-order valence-corrected chi connectivity index (χ0v) is 15.6. The van der Waals surface area contributed by atoms with Gasteiger partial charge < -0.3 is 4.90 Å². The van der Waals surface area contributed by atoms with Gasteiger partial charge in [0, 0.05) is 23.0 Å². The summed E-state index contributed by atoms with van der Waals surface area (Å²) in [5, 5.41) is 9.33. The molecule has 1 unspecified atom stereocenters. The third-order valence-corrected chi connectivity index (χ3v) is 4.94. The first kappa shape index (κ1) is 19.1. The van der Waals surface area contributed by atoms with Crippen LogP contribution in [0.4, 0.5) is 0 Å². The molecule has 0 aliphatic heterocycles. The fourth-order valence-corrected chi connectivity index (χ4v) is 3.40. The molecule has 5 heteroatoms. The van der Waals surface area contributed by atoms with E-state index in [0.29, 0.717) is 23.7 Å². The van der Waals surface area contributed by atoms with Gasteiger partial charge in [-0.1, -0.05) is 29.8 Å². The Bertz CT molecular complexity index is 766. The molecule has 0 saturated heterocycles. The fraction of sp³-hybridized carbons (Fsp3) is 0.200. The zero-order valence-electron chi connectivity index (χ0n) is 14.0. The van der Waals surface area contributed by atoms with Gasteiger partial charge in [-0.3, -0.25) is 4.79 Å². The number of rotatable bonds is 7. The maximum atomic E-state index is 12.8. The molecule has 0 aliphatic carbocycles. The Hall–Kier alpha value is -2.22. The summed E-state index contributed by atoms with van der Waals surface area (Å²) in [4.78, 5) is 15.6. The van der Waals surface area contributed by atoms with E-state index in [9.17, 15) is 4.79 Å². The Morgan fingerprint density at radius 1 is 1.28 bits per heavy atom. The van der Waals surface area contributed by atoms with Gasteiger partial charge in [-0.25, -0.2) is 0 Å². The molecule has 0 radical (unpaired) electrons. The second-order valence-electron chi connectivity index (χ2n) is 5.53. The number of halogens is 1. The molecule has 2 aromatic carbocycles. The molecule has 2 rings (SSSR count). The number of benzene rings is 2. The second-order valence-corrected chi connectivity index (χ2v) is 7.38. The van der Waals surface area contributed by atoms with E-state index in [1.165, 1.54) is 11.8 Å². The highest BCUT2D eigenvalue weighted by molar-refractivity contribution is 8.00. The summed E-state index contributed by atoms with van der Waals surface area (Å²) in [5.41, 5.74) is 1.59. The minimum atomic E-state index is -0.223. The topological polar surface area (TPSA) is 44.1 Å². The Balaban J connectivity index is 2.06. The molecule has 25 heavy (non-hydrogen) atoms. The first-order chi connectivity index (χ1) is 12.0. The van der Waals surface area contributed by atoms with E-state index < -0.39 is 0 Å². The molecule has 0 spiro atoms. The number of hydrogen-bond acceptors (Lipinski definition) is 3. The smallest absolute Gasteiger partial charge is 0.236 e. The van der Waals surface area contributed by atoms with Crippen molar-refractivity contribution in [3.05, 3.63) is 77.3 Å². The van der Waals surface area contributed by atoms with Crippen molar-refractivity contribution >= 4 is 29.3 Å². The number of hydrogen-bond donors (Lipinski definition) is 0. The summed E-state index contributed by atoms with van der Waals surface area (Å²) in [6, 6.07) is 16.8. The largest absolute Gasteiger partial charge is 0.334 e. The highest BCUT2D eigenvalue weighted by Gasteiger charge is 2.21. The van der Waals surface area contributed by atoms with Crippen LogP contribution in [0.3, 0.4) is 0 Å². The van der Waals surface area contributed by atoms with E-state index in [2.05, 4.69) is 12.6 Å². The Morgan fingerprint density at radius 3 is 2.48 bits per heavy atom. The highest BCUT2D eigenvalue weighted by atomic mass is 35.5. The van der Waals surface area contributed by atoms with Gasteiger partial charge in [0.1, 0.15) is 0 Å². The van der Waals surface area contributed by atoms with Crippen LogP contribution in [0.2, 0.25) is 5.02 Å². The lowest BCUT2D eigenvalue weighted by Gasteiger charge is -2.24. The van der Waals surface area contributed by atoms with Crippen molar-refractivity contribution in [2.45, 2.75) is 23.6 Å². The molecule has 3 nitrogen and oxygen atoms in total. The van der Waals surface area contributed by atoms with Gasteiger partial charge >= 0.3 is 0 Å². The first-order valence-corrected chi connectivity index (χ1v) is 9.10. The van der Waals surface area contributed by atoms with Gasteiger partial charge in [-0.15, -0.1) is 18.3 Å². The quantitative estimate of drug-likeness (QED) is 0.514. The van der Waals surface area contributed by atoms with E-state index in [1.807, 2.05) is 43.3 Å². The summed E-state index contributed by atoms with van der Waals surface area (Å²) < 4.78 is 0. The number of nitriles is 1. The van der Waals surface area contributed by atoms with Crippen LogP contribution in [0.1, 0.15) is 18.1 Å². The summed E-state index contributed by atoms with van der Waals surface area (Å²) in [5.74, 6) is 0.0456. The van der Waals surface area contributed by atoms with Crippen LogP contribution in [0.5, 0.6) is 0 Å². The molecule has 1 amide bonds. The van der Waals surface area contributed by atoms with Crippen molar-refractivity contribution in [1.82, 2.24) is 4.90 Å². The molecule has 0 N–H and O–H groups in total. The van der Waals surface area contributed by atoms with Crippen LogP contribution >= 0.6 is 23.4 Å². The molecule has 0 aliphatic rings. The van der Waals surface area contributed by atoms with E-state index in [-0.39, 0.29) is 11.2 Å². The van der Waals surface area contributed by atoms with E-state index >= 15 is 0 Å². The van der Waals surface area contributed by atoms with Gasteiger partial charge in [-0.2, -0.15) is 5.26 Å². The Kier molecular flexibility index (Phi) is 7.12.